The van der Waals surface area contributed by atoms with Gasteiger partial charge in [0.2, 0.25) is 0 Å². The summed E-state index contributed by atoms with van der Waals surface area (Å²) >= 11 is 0. The Labute approximate surface area is 160 Å². The predicted octanol–water partition coefficient (Wildman–Crippen LogP) is 3.31. The lowest BCUT2D eigenvalue weighted by molar-refractivity contribution is 0.0754. The fourth-order valence-corrected chi connectivity index (χ4v) is 3.36. The van der Waals surface area contributed by atoms with E-state index in [1.54, 1.807) is 4.68 Å². The molecular formula is C21H27N5O. The Morgan fingerprint density at radius 3 is 2.41 bits per heavy atom. The van der Waals surface area contributed by atoms with E-state index < -0.39 is 0 Å². The first kappa shape index (κ1) is 18.9. The maximum absolute atomic E-state index is 13.3. The number of nitrogens with zero attached hydrogens (tertiary/aromatic N) is 5. The Kier molecular flexibility index (Phi) is 5.17. The number of rotatable bonds is 5. The average molecular weight is 365 g/mol. The third-order valence-electron chi connectivity index (χ3n) is 4.82. The van der Waals surface area contributed by atoms with Crippen LogP contribution >= 0.6 is 0 Å². The number of benzene rings is 1. The van der Waals surface area contributed by atoms with Crippen LogP contribution in [0.2, 0.25) is 0 Å². The molecule has 1 aromatic carbocycles. The molecule has 0 aliphatic heterocycles. The standard InChI is InChI=1S/C21H27N5O/c1-7-26(13-16-8-10-17(11-9-16)24(4)5)21(27)18-12-14(2)22-20-19(18)15(3)23-25(20)6/h8-12H,7,13H2,1-6H3. The van der Waals surface area contributed by atoms with Crippen LogP contribution in [-0.4, -0.2) is 46.2 Å². The van der Waals surface area contributed by atoms with Crippen LogP contribution < -0.4 is 4.90 Å². The topological polar surface area (TPSA) is 54.3 Å². The van der Waals surface area contributed by atoms with E-state index in [1.807, 2.05) is 52.9 Å². The van der Waals surface area contributed by atoms with Gasteiger partial charge < -0.3 is 9.80 Å². The summed E-state index contributed by atoms with van der Waals surface area (Å²) in [6.45, 7) is 7.05. The molecular weight excluding hydrogens is 338 g/mol. The summed E-state index contributed by atoms with van der Waals surface area (Å²) in [5.41, 5.74) is 5.33. The van der Waals surface area contributed by atoms with Gasteiger partial charge in [-0.2, -0.15) is 5.10 Å². The summed E-state index contributed by atoms with van der Waals surface area (Å²) in [5, 5.41) is 5.29. The highest BCUT2D eigenvalue weighted by Gasteiger charge is 2.21. The SMILES string of the molecule is CCN(Cc1ccc(N(C)C)cc1)C(=O)c1cc(C)nc2c1c(C)nn2C. The smallest absolute Gasteiger partial charge is 0.255 e. The molecule has 6 nitrogen and oxygen atoms in total. The molecule has 0 aliphatic carbocycles. The Morgan fingerprint density at radius 1 is 1.15 bits per heavy atom. The Balaban J connectivity index is 1.94. The van der Waals surface area contributed by atoms with Crippen molar-refractivity contribution in [2.75, 3.05) is 25.5 Å². The Hall–Kier alpha value is -2.89. The zero-order chi connectivity index (χ0) is 19.7. The van der Waals surface area contributed by atoms with Crippen molar-refractivity contribution in [3.05, 3.63) is 52.8 Å². The van der Waals surface area contributed by atoms with Crippen molar-refractivity contribution in [1.82, 2.24) is 19.7 Å². The first-order valence-corrected chi connectivity index (χ1v) is 9.18. The van der Waals surface area contributed by atoms with Gasteiger partial charge in [0.25, 0.3) is 5.91 Å². The summed E-state index contributed by atoms with van der Waals surface area (Å²) in [4.78, 5) is 21.8. The molecule has 2 aromatic heterocycles. The quantitative estimate of drug-likeness (QED) is 0.696. The van der Waals surface area contributed by atoms with Gasteiger partial charge in [-0.3, -0.25) is 9.48 Å². The second-order valence-electron chi connectivity index (χ2n) is 7.10. The van der Waals surface area contributed by atoms with Crippen LogP contribution in [0.3, 0.4) is 0 Å². The molecule has 2 heterocycles. The molecule has 3 rings (SSSR count). The second-order valence-corrected chi connectivity index (χ2v) is 7.10. The first-order chi connectivity index (χ1) is 12.8. The van der Waals surface area contributed by atoms with Crippen LogP contribution in [-0.2, 0) is 13.6 Å². The fraction of sp³-hybridized carbons (Fsp3) is 0.381. The number of hydrogen-bond acceptors (Lipinski definition) is 4. The lowest BCUT2D eigenvalue weighted by Crippen LogP contribution is -2.30. The van der Waals surface area contributed by atoms with Gasteiger partial charge in [0, 0.05) is 45.6 Å². The lowest BCUT2D eigenvalue weighted by atomic mass is 10.1. The van der Waals surface area contributed by atoms with Gasteiger partial charge in [0.15, 0.2) is 5.65 Å². The average Bonchev–Trinajstić information content (AvgIpc) is 2.92. The molecule has 0 bridgehead atoms. The summed E-state index contributed by atoms with van der Waals surface area (Å²) in [6, 6.07) is 10.2. The summed E-state index contributed by atoms with van der Waals surface area (Å²) in [5.74, 6) is 0.0146. The Bertz CT molecular complexity index is 972. The maximum atomic E-state index is 13.3. The molecule has 0 saturated heterocycles. The van der Waals surface area contributed by atoms with Gasteiger partial charge in [0.1, 0.15) is 0 Å². The molecule has 0 N–H and O–H groups in total. The third kappa shape index (κ3) is 3.65. The number of amides is 1. The third-order valence-corrected chi connectivity index (χ3v) is 4.82. The highest BCUT2D eigenvalue weighted by Crippen LogP contribution is 2.24. The highest BCUT2D eigenvalue weighted by molar-refractivity contribution is 6.06. The number of aromatic nitrogens is 3. The van der Waals surface area contributed by atoms with E-state index in [9.17, 15) is 4.79 Å². The zero-order valence-electron chi connectivity index (χ0n) is 16.9. The highest BCUT2D eigenvalue weighted by atomic mass is 16.2. The van der Waals surface area contributed by atoms with Crippen LogP contribution in [0.25, 0.3) is 11.0 Å². The van der Waals surface area contributed by atoms with Gasteiger partial charge >= 0.3 is 0 Å². The molecule has 0 aliphatic rings. The summed E-state index contributed by atoms with van der Waals surface area (Å²) in [7, 11) is 5.90. The van der Waals surface area contributed by atoms with E-state index in [0.717, 1.165) is 33.7 Å². The minimum Gasteiger partial charge on any atom is -0.378 e. The van der Waals surface area contributed by atoms with Gasteiger partial charge in [-0.15, -0.1) is 0 Å². The summed E-state index contributed by atoms with van der Waals surface area (Å²) in [6.07, 6.45) is 0. The molecule has 0 atom stereocenters. The minimum atomic E-state index is 0.0146. The number of aryl methyl sites for hydroxylation is 3. The number of fused-ring (bicyclic) bond motifs is 1. The lowest BCUT2D eigenvalue weighted by Gasteiger charge is -2.22. The predicted molar refractivity (Wildman–Crippen MR) is 109 cm³/mol. The van der Waals surface area contributed by atoms with Crippen molar-refractivity contribution in [2.24, 2.45) is 7.05 Å². The molecule has 3 aromatic rings. The van der Waals surface area contributed by atoms with E-state index >= 15 is 0 Å². The van der Waals surface area contributed by atoms with Crippen LogP contribution in [0.4, 0.5) is 5.69 Å². The van der Waals surface area contributed by atoms with Crippen molar-refractivity contribution >= 4 is 22.6 Å². The number of anilines is 1. The molecule has 0 unspecified atom stereocenters. The molecule has 0 spiro atoms. The number of carbonyl (C=O) groups is 1. The number of hydrogen-bond donors (Lipinski definition) is 0. The van der Waals surface area contributed by atoms with Crippen LogP contribution in [0, 0.1) is 13.8 Å². The molecule has 0 fully saturated rings. The molecule has 142 valence electrons. The van der Waals surface area contributed by atoms with Crippen molar-refractivity contribution < 1.29 is 4.79 Å². The van der Waals surface area contributed by atoms with Crippen molar-refractivity contribution in [3.63, 3.8) is 0 Å². The maximum Gasteiger partial charge on any atom is 0.255 e. The first-order valence-electron chi connectivity index (χ1n) is 9.18. The van der Waals surface area contributed by atoms with Gasteiger partial charge in [0.05, 0.1) is 16.6 Å². The van der Waals surface area contributed by atoms with Crippen molar-refractivity contribution in [2.45, 2.75) is 27.3 Å². The zero-order valence-corrected chi connectivity index (χ0v) is 16.9. The summed E-state index contributed by atoms with van der Waals surface area (Å²) < 4.78 is 1.74. The van der Waals surface area contributed by atoms with E-state index in [2.05, 4.69) is 39.2 Å². The van der Waals surface area contributed by atoms with E-state index in [4.69, 9.17) is 0 Å². The minimum absolute atomic E-state index is 0.0146. The molecule has 1 amide bonds. The number of carbonyl (C=O) groups excluding carboxylic acids is 1. The van der Waals surface area contributed by atoms with Gasteiger partial charge in [-0.05, 0) is 44.5 Å². The van der Waals surface area contributed by atoms with Gasteiger partial charge in [-0.1, -0.05) is 12.1 Å². The molecule has 6 heteroatoms. The van der Waals surface area contributed by atoms with Crippen LogP contribution in [0.5, 0.6) is 0 Å². The Morgan fingerprint density at radius 2 is 1.81 bits per heavy atom. The monoisotopic (exact) mass is 365 g/mol. The van der Waals surface area contributed by atoms with Crippen molar-refractivity contribution in [1.29, 1.82) is 0 Å². The number of pyridine rings is 1. The molecule has 27 heavy (non-hydrogen) atoms. The second kappa shape index (κ2) is 7.39. The fourth-order valence-electron chi connectivity index (χ4n) is 3.36. The largest absolute Gasteiger partial charge is 0.378 e. The van der Waals surface area contributed by atoms with Gasteiger partial charge in [-0.25, -0.2) is 4.98 Å². The van der Waals surface area contributed by atoms with E-state index in [-0.39, 0.29) is 5.91 Å². The molecule has 0 radical (unpaired) electrons. The normalized spacial score (nSPS) is 11.0. The van der Waals surface area contributed by atoms with Crippen LogP contribution in [0.15, 0.2) is 30.3 Å². The van der Waals surface area contributed by atoms with Crippen LogP contribution in [0.1, 0.15) is 34.2 Å². The van der Waals surface area contributed by atoms with E-state index in [0.29, 0.717) is 18.7 Å². The molecule has 0 saturated carbocycles. The van der Waals surface area contributed by atoms with Crippen molar-refractivity contribution in [3.8, 4) is 0 Å². The van der Waals surface area contributed by atoms with E-state index in [1.165, 1.54) is 0 Å².